The van der Waals surface area contributed by atoms with Crippen molar-refractivity contribution in [3.8, 4) is 17.1 Å². The molecule has 7 heteroatoms. The first kappa shape index (κ1) is 14.0. The lowest BCUT2D eigenvalue weighted by Crippen LogP contribution is -1.98. The summed E-state index contributed by atoms with van der Waals surface area (Å²) < 4.78 is 29.0. The van der Waals surface area contributed by atoms with Gasteiger partial charge in [0.15, 0.2) is 23.0 Å². The molecule has 0 unspecified atom stereocenters. The van der Waals surface area contributed by atoms with Gasteiger partial charge < -0.3 is 19.1 Å². The third-order valence-corrected chi connectivity index (χ3v) is 2.68. The molecule has 106 valence electrons. The number of methoxy groups -OCH3 is 2. The van der Waals surface area contributed by atoms with Crippen LogP contribution in [0.2, 0.25) is 0 Å². The fourth-order valence-corrected chi connectivity index (χ4v) is 1.76. The number of carboxylic acid groups (broad SMARTS) is 1. The molecule has 0 aliphatic heterocycles. The predicted octanol–water partition coefficient (Wildman–Crippen LogP) is 2.33. The minimum Gasteiger partial charge on any atom is -0.493 e. The number of hydrogen-bond donors (Lipinski definition) is 1. The van der Waals surface area contributed by atoms with Crippen LogP contribution in [0.1, 0.15) is 16.1 Å². The summed E-state index contributed by atoms with van der Waals surface area (Å²) >= 11 is 0. The number of rotatable bonds is 5. The molecule has 6 nitrogen and oxygen atoms in total. The van der Waals surface area contributed by atoms with Gasteiger partial charge >= 0.3 is 5.97 Å². The molecular weight excluding hydrogens is 269 g/mol. The molecule has 0 fully saturated rings. The number of ether oxygens (including phenoxy) is 2. The zero-order chi connectivity index (χ0) is 14.7. The van der Waals surface area contributed by atoms with Crippen molar-refractivity contribution in [3.63, 3.8) is 0 Å². The monoisotopic (exact) mass is 281 g/mol. The molecule has 0 spiro atoms. The Morgan fingerprint density at radius 1 is 1.45 bits per heavy atom. The third kappa shape index (κ3) is 2.48. The summed E-state index contributed by atoms with van der Waals surface area (Å²) in [6.07, 6.45) is 0. The Bertz CT molecular complexity index is 638. The summed E-state index contributed by atoms with van der Waals surface area (Å²) in [6, 6.07) is 4.28. The molecule has 1 aromatic heterocycles. The van der Waals surface area contributed by atoms with E-state index < -0.39 is 11.8 Å². The van der Waals surface area contributed by atoms with Crippen molar-refractivity contribution in [1.29, 1.82) is 0 Å². The Hall–Kier alpha value is -2.41. The molecule has 1 aromatic carbocycles. The van der Waals surface area contributed by atoms with Crippen LogP contribution in [0, 0.1) is 5.82 Å². The molecule has 0 saturated heterocycles. The second kappa shape index (κ2) is 5.70. The first-order valence-corrected chi connectivity index (χ1v) is 5.63. The van der Waals surface area contributed by atoms with E-state index >= 15 is 0 Å². The largest absolute Gasteiger partial charge is 0.493 e. The van der Waals surface area contributed by atoms with E-state index in [4.69, 9.17) is 19.1 Å². The number of benzene rings is 1. The number of aromatic carboxylic acids is 1. The fourth-order valence-electron chi connectivity index (χ4n) is 1.76. The maximum Gasteiger partial charge on any atom is 0.358 e. The molecular formula is C13H12FNO5. The highest BCUT2D eigenvalue weighted by molar-refractivity contribution is 5.86. The number of nitrogens with zero attached hydrogens (tertiary/aromatic N) is 1. The molecule has 2 aromatic rings. The second-order valence-corrected chi connectivity index (χ2v) is 3.93. The highest BCUT2D eigenvalue weighted by atomic mass is 19.1. The average molecular weight is 281 g/mol. The van der Waals surface area contributed by atoms with Crippen molar-refractivity contribution in [2.45, 2.75) is 6.61 Å². The maximum absolute atomic E-state index is 14.2. The molecule has 0 radical (unpaired) electrons. The summed E-state index contributed by atoms with van der Waals surface area (Å²) in [5.41, 5.74) is 0.347. The van der Waals surface area contributed by atoms with E-state index in [2.05, 4.69) is 5.16 Å². The van der Waals surface area contributed by atoms with Gasteiger partial charge in [-0.15, -0.1) is 0 Å². The maximum atomic E-state index is 14.2. The van der Waals surface area contributed by atoms with Gasteiger partial charge in [0.25, 0.3) is 0 Å². The summed E-state index contributed by atoms with van der Waals surface area (Å²) in [6.45, 7) is 0.0965. The molecule has 0 amide bonds. The van der Waals surface area contributed by atoms with E-state index in [1.54, 1.807) is 6.07 Å². The summed E-state index contributed by atoms with van der Waals surface area (Å²) in [4.78, 5) is 10.8. The van der Waals surface area contributed by atoms with Gasteiger partial charge in [0.1, 0.15) is 0 Å². The molecule has 0 atom stereocenters. The molecule has 0 aliphatic carbocycles. The van der Waals surface area contributed by atoms with Crippen LogP contribution >= 0.6 is 0 Å². The Morgan fingerprint density at radius 3 is 2.75 bits per heavy atom. The Kier molecular flexibility index (Phi) is 3.99. The Labute approximate surface area is 113 Å². The van der Waals surface area contributed by atoms with Crippen molar-refractivity contribution in [3.05, 3.63) is 35.3 Å². The predicted molar refractivity (Wildman–Crippen MR) is 66.1 cm³/mol. The molecule has 0 bridgehead atoms. The van der Waals surface area contributed by atoms with Gasteiger partial charge in [-0.25, -0.2) is 9.18 Å². The summed E-state index contributed by atoms with van der Waals surface area (Å²) in [7, 11) is 2.77. The van der Waals surface area contributed by atoms with E-state index in [0.717, 1.165) is 0 Å². The minimum atomic E-state index is -1.23. The van der Waals surface area contributed by atoms with Crippen LogP contribution in [0.5, 0.6) is 5.75 Å². The number of hydrogen-bond acceptors (Lipinski definition) is 5. The van der Waals surface area contributed by atoms with Crippen LogP contribution < -0.4 is 4.74 Å². The standard InChI is InChI=1S/C13H12FNO5/c1-18-6-7-3-4-8(12(19-2)11(7)14)10-5-9(13(16)17)15-20-10/h3-5H,6H2,1-2H3,(H,16,17). The third-order valence-electron chi connectivity index (χ3n) is 2.68. The van der Waals surface area contributed by atoms with E-state index in [-0.39, 0.29) is 29.4 Å². The average Bonchev–Trinajstić information content (AvgIpc) is 2.90. The Morgan fingerprint density at radius 2 is 2.20 bits per heavy atom. The van der Waals surface area contributed by atoms with Crippen molar-refractivity contribution in [2.24, 2.45) is 0 Å². The van der Waals surface area contributed by atoms with Crippen LogP contribution in [0.25, 0.3) is 11.3 Å². The highest BCUT2D eigenvalue weighted by Gasteiger charge is 2.20. The van der Waals surface area contributed by atoms with E-state index in [9.17, 15) is 9.18 Å². The number of aromatic nitrogens is 1. The van der Waals surface area contributed by atoms with Gasteiger partial charge in [0.05, 0.1) is 19.3 Å². The normalized spacial score (nSPS) is 10.6. The molecule has 0 aliphatic rings. The van der Waals surface area contributed by atoms with Gasteiger partial charge in [0.2, 0.25) is 0 Å². The molecule has 1 N–H and O–H groups in total. The second-order valence-electron chi connectivity index (χ2n) is 3.93. The van der Waals surface area contributed by atoms with Gasteiger partial charge in [-0.3, -0.25) is 0 Å². The van der Waals surface area contributed by atoms with Crippen molar-refractivity contribution in [1.82, 2.24) is 5.16 Å². The molecule has 2 rings (SSSR count). The van der Waals surface area contributed by atoms with Crippen molar-refractivity contribution >= 4 is 5.97 Å². The molecule has 1 heterocycles. The van der Waals surface area contributed by atoms with E-state index in [1.165, 1.54) is 26.4 Å². The first-order chi connectivity index (χ1) is 9.58. The van der Waals surface area contributed by atoms with Crippen LogP contribution in [-0.4, -0.2) is 30.5 Å². The lowest BCUT2D eigenvalue weighted by atomic mass is 10.1. The fraction of sp³-hybridized carbons (Fsp3) is 0.231. The van der Waals surface area contributed by atoms with Gasteiger partial charge in [0, 0.05) is 18.7 Å². The zero-order valence-corrected chi connectivity index (χ0v) is 10.8. The van der Waals surface area contributed by atoms with Gasteiger partial charge in [-0.2, -0.15) is 0 Å². The first-order valence-electron chi connectivity index (χ1n) is 5.63. The molecule has 0 saturated carbocycles. The van der Waals surface area contributed by atoms with Crippen molar-refractivity contribution in [2.75, 3.05) is 14.2 Å². The number of carbonyl (C=O) groups is 1. The summed E-state index contributed by atoms with van der Waals surface area (Å²) in [5, 5.41) is 12.2. The van der Waals surface area contributed by atoms with Crippen LogP contribution in [-0.2, 0) is 11.3 Å². The van der Waals surface area contributed by atoms with Crippen LogP contribution in [0.15, 0.2) is 22.7 Å². The smallest absolute Gasteiger partial charge is 0.358 e. The number of halogens is 1. The zero-order valence-electron chi connectivity index (χ0n) is 10.8. The minimum absolute atomic E-state index is 0.0485. The topological polar surface area (TPSA) is 81.8 Å². The van der Waals surface area contributed by atoms with Crippen molar-refractivity contribution < 1.29 is 28.3 Å². The van der Waals surface area contributed by atoms with Crippen LogP contribution in [0.3, 0.4) is 0 Å². The quantitative estimate of drug-likeness (QED) is 0.905. The highest BCUT2D eigenvalue weighted by Crippen LogP contribution is 2.34. The lowest BCUT2D eigenvalue weighted by molar-refractivity contribution is 0.0686. The van der Waals surface area contributed by atoms with Gasteiger partial charge in [-0.05, 0) is 6.07 Å². The summed E-state index contributed by atoms with van der Waals surface area (Å²) in [5.74, 6) is -1.75. The van der Waals surface area contributed by atoms with E-state index in [1.807, 2.05) is 0 Å². The van der Waals surface area contributed by atoms with Gasteiger partial charge in [-0.1, -0.05) is 11.2 Å². The lowest BCUT2D eigenvalue weighted by Gasteiger charge is -2.10. The molecule has 20 heavy (non-hydrogen) atoms. The SMILES string of the molecule is COCc1ccc(-c2cc(C(=O)O)no2)c(OC)c1F. The van der Waals surface area contributed by atoms with Crippen LogP contribution in [0.4, 0.5) is 4.39 Å². The Balaban J connectivity index is 2.50. The van der Waals surface area contributed by atoms with E-state index in [0.29, 0.717) is 5.56 Å². The number of carboxylic acids is 1.